The van der Waals surface area contributed by atoms with Crippen LogP contribution in [-0.4, -0.2) is 23.4 Å². The van der Waals surface area contributed by atoms with Crippen LogP contribution in [0.15, 0.2) is 40.5 Å². The number of aliphatic imine (C=N–C) groups is 1. The van der Waals surface area contributed by atoms with Crippen molar-refractivity contribution in [2.45, 2.75) is 32.5 Å². The molecule has 1 heterocycles. The molecule has 23 heavy (non-hydrogen) atoms. The Labute approximate surface area is 136 Å². The van der Waals surface area contributed by atoms with Crippen molar-refractivity contribution in [1.29, 1.82) is 0 Å². The predicted octanol–water partition coefficient (Wildman–Crippen LogP) is 4.27. The lowest BCUT2D eigenvalue weighted by Gasteiger charge is -2.12. The lowest BCUT2D eigenvalue weighted by molar-refractivity contribution is -0.115. The molecule has 0 bridgehead atoms. The quantitative estimate of drug-likeness (QED) is 0.885. The number of ether oxygens (including phenoxy) is 1. The van der Waals surface area contributed by atoms with E-state index in [2.05, 4.69) is 10.3 Å². The van der Waals surface area contributed by atoms with Crippen molar-refractivity contribution in [3.8, 4) is 5.75 Å². The van der Waals surface area contributed by atoms with Gasteiger partial charge in [-0.25, -0.2) is 4.99 Å². The summed E-state index contributed by atoms with van der Waals surface area (Å²) in [4.78, 5) is 15.3. The second-order valence-electron chi connectivity index (χ2n) is 5.14. The largest absolute Gasteiger partial charge is 0.491 e. The maximum atomic E-state index is 12.9. The first-order chi connectivity index (χ1) is 10.7. The summed E-state index contributed by atoms with van der Waals surface area (Å²) in [6.07, 6.45) is -5.14. The third-order valence-electron chi connectivity index (χ3n) is 2.85. The van der Waals surface area contributed by atoms with Crippen molar-refractivity contribution < 1.29 is 22.7 Å². The van der Waals surface area contributed by atoms with Crippen LogP contribution in [0.3, 0.4) is 0 Å². The summed E-state index contributed by atoms with van der Waals surface area (Å²) < 4.78 is 44.1. The minimum atomic E-state index is -4.73. The van der Waals surface area contributed by atoms with E-state index in [0.717, 1.165) is 0 Å². The lowest BCUT2D eigenvalue weighted by Crippen LogP contribution is -2.20. The second-order valence-corrected chi connectivity index (χ2v) is 5.57. The van der Waals surface area contributed by atoms with Crippen molar-refractivity contribution in [2.75, 3.05) is 5.32 Å². The van der Waals surface area contributed by atoms with Crippen LogP contribution < -0.4 is 10.1 Å². The monoisotopic (exact) mass is 346 g/mol. The number of hydrogen-bond donors (Lipinski definition) is 1. The molecule has 1 aliphatic rings. The number of alkyl halides is 3. The number of allylic oxidation sites excluding steroid dienone is 1. The fourth-order valence-electron chi connectivity index (χ4n) is 2.01. The number of halogens is 4. The Balaban J connectivity index is 2.19. The maximum Gasteiger partial charge on any atom is 0.433 e. The van der Waals surface area contributed by atoms with Crippen molar-refractivity contribution in [2.24, 2.45) is 4.99 Å². The first-order valence-corrected chi connectivity index (χ1v) is 7.16. The van der Waals surface area contributed by atoms with E-state index in [1.54, 1.807) is 18.2 Å². The first kappa shape index (κ1) is 17.3. The summed E-state index contributed by atoms with van der Waals surface area (Å²) >= 11 is 5.55. The van der Waals surface area contributed by atoms with Gasteiger partial charge in [-0.15, -0.1) is 0 Å². The van der Waals surface area contributed by atoms with Gasteiger partial charge in [-0.1, -0.05) is 17.7 Å². The number of carbonyl (C=O) groups is 1. The van der Waals surface area contributed by atoms with Gasteiger partial charge in [0, 0.05) is 18.2 Å². The smallest absolute Gasteiger partial charge is 0.433 e. The van der Waals surface area contributed by atoms with Crippen LogP contribution in [0.5, 0.6) is 5.75 Å². The fraction of sp³-hybridized carbons (Fsp3) is 0.333. The van der Waals surface area contributed by atoms with Gasteiger partial charge in [0.05, 0.1) is 11.7 Å². The molecule has 4 nitrogen and oxygen atoms in total. The van der Waals surface area contributed by atoms with E-state index >= 15 is 0 Å². The Morgan fingerprint density at radius 3 is 2.70 bits per heavy atom. The van der Waals surface area contributed by atoms with E-state index in [1.165, 1.54) is 6.07 Å². The highest BCUT2D eigenvalue weighted by Crippen LogP contribution is 2.35. The molecular formula is C15H14ClF3N2O2. The molecule has 0 atom stereocenters. The van der Waals surface area contributed by atoms with Crippen LogP contribution >= 0.6 is 11.6 Å². The van der Waals surface area contributed by atoms with E-state index in [0.29, 0.717) is 11.4 Å². The zero-order chi connectivity index (χ0) is 17.2. The Morgan fingerprint density at radius 2 is 2.09 bits per heavy atom. The molecule has 1 amide bonds. The molecule has 0 radical (unpaired) electrons. The average molecular weight is 347 g/mol. The van der Waals surface area contributed by atoms with Gasteiger partial charge >= 0.3 is 6.18 Å². The topological polar surface area (TPSA) is 50.7 Å². The molecule has 0 saturated carbocycles. The molecule has 0 aliphatic carbocycles. The van der Waals surface area contributed by atoms with Crippen LogP contribution in [0.1, 0.15) is 20.3 Å². The first-order valence-electron chi connectivity index (χ1n) is 6.78. The summed E-state index contributed by atoms with van der Waals surface area (Å²) in [6.45, 7) is 3.67. The van der Waals surface area contributed by atoms with Gasteiger partial charge in [0.1, 0.15) is 10.9 Å². The van der Waals surface area contributed by atoms with Crippen molar-refractivity contribution in [3.05, 3.63) is 35.5 Å². The second kappa shape index (κ2) is 6.62. The number of nitrogens with zero attached hydrogens (tertiary/aromatic N) is 1. The van der Waals surface area contributed by atoms with Crippen LogP contribution in [0.25, 0.3) is 0 Å². The van der Waals surface area contributed by atoms with E-state index in [1.807, 2.05) is 13.8 Å². The van der Waals surface area contributed by atoms with Gasteiger partial charge in [0.25, 0.3) is 5.91 Å². The SMILES string of the molecule is CC(C)Oc1cccc(NC(=O)C2=C(C(F)(F)F)N=C(Cl)C2)c1. The van der Waals surface area contributed by atoms with Gasteiger partial charge in [-0.05, 0) is 26.0 Å². The normalized spacial score (nSPS) is 15.0. The highest BCUT2D eigenvalue weighted by atomic mass is 35.5. The van der Waals surface area contributed by atoms with Gasteiger partial charge < -0.3 is 10.1 Å². The van der Waals surface area contributed by atoms with Crippen molar-refractivity contribution in [3.63, 3.8) is 0 Å². The highest BCUT2D eigenvalue weighted by molar-refractivity contribution is 6.66. The molecule has 1 N–H and O–H groups in total. The predicted molar refractivity (Wildman–Crippen MR) is 81.8 cm³/mol. The van der Waals surface area contributed by atoms with E-state index in [9.17, 15) is 18.0 Å². The molecule has 0 fully saturated rings. The van der Waals surface area contributed by atoms with Gasteiger partial charge in [0.15, 0.2) is 5.70 Å². The van der Waals surface area contributed by atoms with Gasteiger partial charge in [0.2, 0.25) is 0 Å². The minimum Gasteiger partial charge on any atom is -0.491 e. The molecule has 2 rings (SSSR count). The minimum absolute atomic E-state index is 0.0671. The van der Waals surface area contributed by atoms with Gasteiger partial charge in [-0.2, -0.15) is 13.2 Å². The summed E-state index contributed by atoms with van der Waals surface area (Å²) in [7, 11) is 0. The number of benzene rings is 1. The molecule has 0 saturated heterocycles. The van der Waals surface area contributed by atoms with Crippen LogP contribution in [0, 0.1) is 0 Å². The molecule has 0 spiro atoms. The Kier molecular flexibility index (Phi) is 4.99. The summed E-state index contributed by atoms with van der Waals surface area (Å²) in [5.41, 5.74) is -1.43. The van der Waals surface area contributed by atoms with Crippen molar-refractivity contribution in [1.82, 2.24) is 0 Å². The molecule has 1 aliphatic heterocycles. The number of rotatable bonds is 4. The molecule has 1 aromatic rings. The lowest BCUT2D eigenvalue weighted by atomic mass is 10.1. The molecule has 124 valence electrons. The van der Waals surface area contributed by atoms with E-state index in [-0.39, 0.29) is 17.7 Å². The van der Waals surface area contributed by atoms with E-state index < -0.39 is 23.4 Å². The van der Waals surface area contributed by atoms with Crippen LogP contribution in [0.2, 0.25) is 0 Å². The number of amides is 1. The highest BCUT2D eigenvalue weighted by Gasteiger charge is 2.41. The van der Waals surface area contributed by atoms with Gasteiger partial charge in [-0.3, -0.25) is 4.79 Å². The maximum absolute atomic E-state index is 12.9. The number of nitrogens with one attached hydrogen (secondary N) is 1. The Bertz CT molecular complexity index is 682. The Morgan fingerprint density at radius 1 is 1.39 bits per heavy atom. The molecule has 0 unspecified atom stereocenters. The molecular weight excluding hydrogens is 333 g/mol. The van der Waals surface area contributed by atoms with Crippen molar-refractivity contribution >= 4 is 28.4 Å². The molecule has 1 aromatic carbocycles. The molecule has 8 heteroatoms. The van der Waals surface area contributed by atoms with E-state index in [4.69, 9.17) is 16.3 Å². The fourth-order valence-corrected chi connectivity index (χ4v) is 2.22. The summed E-state index contributed by atoms with van der Waals surface area (Å²) in [6, 6.07) is 6.40. The zero-order valence-corrected chi connectivity index (χ0v) is 13.1. The number of anilines is 1. The summed E-state index contributed by atoms with van der Waals surface area (Å²) in [5, 5.41) is 2.15. The van der Waals surface area contributed by atoms with Crippen LogP contribution in [0.4, 0.5) is 18.9 Å². The van der Waals surface area contributed by atoms with Crippen LogP contribution in [-0.2, 0) is 4.79 Å². The zero-order valence-electron chi connectivity index (χ0n) is 12.4. The summed E-state index contributed by atoms with van der Waals surface area (Å²) in [5.74, 6) is -0.387. The number of carbonyl (C=O) groups excluding carboxylic acids is 1. The standard InChI is InChI=1S/C15H14ClF3N2O2/c1-8(2)23-10-5-3-4-9(6-10)20-14(22)11-7-12(16)21-13(11)15(17,18)19/h3-6,8H,7H2,1-2H3,(H,20,22). The average Bonchev–Trinajstić information content (AvgIpc) is 2.80. The number of hydrogen-bond acceptors (Lipinski definition) is 3. The Hall–Kier alpha value is -2.02. The third-order valence-corrected chi connectivity index (χ3v) is 3.07. The third kappa shape index (κ3) is 4.48. The molecule has 0 aromatic heterocycles.